The fourth-order valence-electron chi connectivity index (χ4n) is 4.89. The Bertz CT molecular complexity index is 1550. The molecule has 0 aromatic heterocycles. The number of amides is 3. The van der Waals surface area contributed by atoms with Crippen LogP contribution >= 0.6 is 11.8 Å². The summed E-state index contributed by atoms with van der Waals surface area (Å²) in [5.74, 6) is -3.84. The van der Waals surface area contributed by atoms with E-state index in [0.29, 0.717) is 17.3 Å². The Morgan fingerprint density at radius 1 is 0.854 bits per heavy atom. The summed E-state index contributed by atoms with van der Waals surface area (Å²) >= 11 is 1.34. The number of carbonyl (C=O) groups is 3. The second kappa shape index (κ2) is 12.4. The summed E-state index contributed by atoms with van der Waals surface area (Å²) in [5, 5.41) is 2.17. The number of halogens is 2. The van der Waals surface area contributed by atoms with Gasteiger partial charge in [0.2, 0.25) is 17.7 Å². The van der Waals surface area contributed by atoms with Crippen LogP contribution in [-0.4, -0.2) is 34.7 Å². The van der Waals surface area contributed by atoms with Gasteiger partial charge in [-0.05, 0) is 47.4 Å². The monoisotopic (exact) mass is 571 g/mol. The SMILES string of the molecule is N[C@@H](Cc1ccccc1)C(=O)N(C(=O)Cc1cc(F)cc(F)c1)[C@@H]1C(=O)Nc2ccccc2S[C@@H]1c1ccccc1. The normalized spacial score (nSPS) is 17.1. The third-order valence-corrected chi connectivity index (χ3v) is 8.15. The number of fused-ring (bicyclic) bond motifs is 1. The molecule has 1 aliphatic heterocycles. The molecule has 1 heterocycles. The van der Waals surface area contributed by atoms with Gasteiger partial charge in [0.05, 0.1) is 23.4 Å². The Morgan fingerprint density at radius 2 is 1.46 bits per heavy atom. The number of nitrogens with zero attached hydrogens (tertiary/aromatic N) is 1. The molecule has 41 heavy (non-hydrogen) atoms. The molecule has 3 atom stereocenters. The second-order valence-corrected chi connectivity index (χ2v) is 10.9. The predicted octanol–water partition coefficient (Wildman–Crippen LogP) is 5.29. The first kappa shape index (κ1) is 28.2. The van der Waals surface area contributed by atoms with Crippen molar-refractivity contribution >= 4 is 35.2 Å². The Balaban J connectivity index is 1.58. The van der Waals surface area contributed by atoms with E-state index in [0.717, 1.165) is 27.5 Å². The van der Waals surface area contributed by atoms with E-state index >= 15 is 0 Å². The molecule has 0 aliphatic carbocycles. The van der Waals surface area contributed by atoms with Gasteiger partial charge in [0.1, 0.15) is 17.7 Å². The predicted molar refractivity (Wildman–Crippen MR) is 154 cm³/mol. The van der Waals surface area contributed by atoms with E-state index in [-0.39, 0.29) is 12.0 Å². The zero-order valence-corrected chi connectivity index (χ0v) is 22.7. The summed E-state index contributed by atoms with van der Waals surface area (Å²) < 4.78 is 28.0. The molecule has 5 rings (SSSR count). The van der Waals surface area contributed by atoms with Crippen molar-refractivity contribution in [2.45, 2.75) is 35.1 Å². The Kier molecular flexibility index (Phi) is 8.56. The summed E-state index contributed by atoms with van der Waals surface area (Å²) in [6, 6.07) is 25.7. The number of nitrogens with one attached hydrogen (secondary N) is 1. The zero-order valence-electron chi connectivity index (χ0n) is 21.9. The first-order chi connectivity index (χ1) is 19.8. The third kappa shape index (κ3) is 6.53. The Labute approximate surface area is 240 Å². The van der Waals surface area contributed by atoms with Gasteiger partial charge in [-0.2, -0.15) is 0 Å². The van der Waals surface area contributed by atoms with Crippen molar-refractivity contribution in [2.24, 2.45) is 5.73 Å². The van der Waals surface area contributed by atoms with Crippen LogP contribution < -0.4 is 11.1 Å². The number of thioether (sulfide) groups is 1. The average molecular weight is 572 g/mol. The van der Waals surface area contributed by atoms with Crippen molar-refractivity contribution in [3.05, 3.63) is 131 Å². The molecule has 0 fully saturated rings. The van der Waals surface area contributed by atoms with Gasteiger partial charge < -0.3 is 11.1 Å². The van der Waals surface area contributed by atoms with E-state index in [1.165, 1.54) is 11.8 Å². The van der Waals surface area contributed by atoms with Gasteiger partial charge in [0, 0.05) is 11.0 Å². The smallest absolute Gasteiger partial charge is 0.249 e. The van der Waals surface area contributed by atoms with Crippen LogP contribution in [0, 0.1) is 11.6 Å². The molecule has 4 aromatic rings. The molecule has 0 saturated carbocycles. The highest BCUT2D eigenvalue weighted by atomic mass is 32.2. The number of rotatable bonds is 7. The number of para-hydroxylation sites is 1. The van der Waals surface area contributed by atoms with E-state index < -0.39 is 53.1 Å². The molecule has 0 bridgehead atoms. The lowest BCUT2D eigenvalue weighted by atomic mass is 9.99. The van der Waals surface area contributed by atoms with Gasteiger partial charge in [-0.3, -0.25) is 19.3 Å². The number of carbonyl (C=O) groups excluding carboxylic acids is 3. The largest absolute Gasteiger partial charge is 0.323 e. The standard InChI is InChI=1S/C32H27F2N3O3S/c33-23-15-21(16-24(34)19-23)18-28(38)37(32(40)25(35)17-20-9-3-1-4-10-20)29-30(22-11-5-2-6-12-22)41-27-14-8-7-13-26(27)36-31(29)39/h1-16,19,25,29-30H,17-18,35H2,(H,36,39)/t25-,29-,30+/m0/s1. The van der Waals surface area contributed by atoms with Crippen LogP contribution in [-0.2, 0) is 27.2 Å². The molecule has 4 aromatic carbocycles. The number of imide groups is 1. The average Bonchev–Trinajstić information content (AvgIpc) is 3.09. The lowest BCUT2D eigenvalue weighted by Gasteiger charge is -2.34. The maximum atomic E-state index is 14.1. The highest BCUT2D eigenvalue weighted by Gasteiger charge is 2.44. The number of anilines is 1. The van der Waals surface area contributed by atoms with Crippen LogP contribution in [0.4, 0.5) is 14.5 Å². The van der Waals surface area contributed by atoms with Crippen LogP contribution in [0.2, 0.25) is 0 Å². The van der Waals surface area contributed by atoms with Gasteiger partial charge in [0.15, 0.2) is 0 Å². The van der Waals surface area contributed by atoms with Crippen LogP contribution in [0.3, 0.4) is 0 Å². The minimum Gasteiger partial charge on any atom is -0.323 e. The first-order valence-corrected chi connectivity index (χ1v) is 13.9. The quantitative estimate of drug-likeness (QED) is 0.315. The molecule has 0 spiro atoms. The Morgan fingerprint density at radius 3 is 2.15 bits per heavy atom. The van der Waals surface area contributed by atoms with Gasteiger partial charge in [-0.15, -0.1) is 11.8 Å². The summed E-state index contributed by atoms with van der Waals surface area (Å²) in [6.45, 7) is 0. The highest BCUT2D eigenvalue weighted by molar-refractivity contribution is 7.99. The highest BCUT2D eigenvalue weighted by Crippen LogP contribution is 2.45. The Hall–Kier alpha value is -4.34. The summed E-state index contributed by atoms with van der Waals surface area (Å²) in [6.07, 6.45) is -0.392. The fraction of sp³-hybridized carbons (Fsp3) is 0.156. The van der Waals surface area contributed by atoms with Crippen molar-refractivity contribution < 1.29 is 23.2 Å². The molecule has 208 valence electrons. The van der Waals surface area contributed by atoms with Crippen molar-refractivity contribution in [1.82, 2.24) is 4.90 Å². The lowest BCUT2D eigenvalue weighted by Crippen LogP contribution is -2.57. The van der Waals surface area contributed by atoms with Gasteiger partial charge >= 0.3 is 0 Å². The minimum atomic E-state index is -1.31. The van der Waals surface area contributed by atoms with Gasteiger partial charge in [-0.25, -0.2) is 8.78 Å². The molecular formula is C32H27F2N3O3S. The number of hydrogen-bond acceptors (Lipinski definition) is 5. The minimum absolute atomic E-state index is 0.0307. The molecule has 3 amide bonds. The topological polar surface area (TPSA) is 92.5 Å². The van der Waals surface area contributed by atoms with Crippen molar-refractivity contribution in [1.29, 1.82) is 0 Å². The van der Waals surface area contributed by atoms with Crippen molar-refractivity contribution in [3.63, 3.8) is 0 Å². The number of hydrogen-bond donors (Lipinski definition) is 2. The van der Waals surface area contributed by atoms with E-state index in [9.17, 15) is 23.2 Å². The number of benzene rings is 4. The molecule has 6 nitrogen and oxygen atoms in total. The van der Waals surface area contributed by atoms with E-state index in [1.807, 2.05) is 72.8 Å². The lowest BCUT2D eigenvalue weighted by molar-refractivity contribution is -0.151. The van der Waals surface area contributed by atoms with Crippen LogP contribution in [0.5, 0.6) is 0 Å². The van der Waals surface area contributed by atoms with Crippen molar-refractivity contribution in [2.75, 3.05) is 5.32 Å². The van der Waals surface area contributed by atoms with Crippen LogP contribution in [0.15, 0.2) is 108 Å². The first-order valence-electron chi connectivity index (χ1n) is 13.0. The van der Waals surface area contributed by atoms with Crippen LogP contribution in [0.1, 0.15) is 21.9 Å². The third-order valence-electron chi connectivity index (χ3n) is 6.76. The van der Waals surface area contributed by atoms with E-state index in [4.69, 9.17) is 5.73 Å². The fourth-order valence-corrected chi connectivity index (χ4v) is 6.23. The summed E-state index contributed by atoms with van der Waals surface area (Å²) in [5.41, 5.74) is 8.46. The maximum absolute atomic E-state index is 14.1. The van der Waals surface area contributed by atoms with Gasteiger partial charge in [0.25, 0.3) is 0 Å². The maximum Gasteiger partial charge on any atom is 0.249 e. The molecule has 3 N–H and O–H groups in total. The molecular weight excluding hydrogens is 544 g/mol. The summed E-state index contributed by atoms with van der Waals surface area (Å²) in [4.78, 5) is 43.6. The zero-order chi connectivity index (χ0) is 28.9. The summed E-state index contributed by atoms with van der Waals surface area (Å²) in [7, 11) is 0. The molecule has 0 radical (unpaired) electrons. The van der Waals surface area contributed by atoms with E-state index in [1.54, 1.807) is 12.1 Å². The van der Waals surface area contributed by atoms with Gasteiger partial charge in [-0.1, -0.05) is 72.8 Å². The molecule has 0 unspecified atom stereocenters. The van der Waals surface area contributed by atoms with Crippen LogP contribution in [0.25, 0.3) is 0 Å². The molecule has 0 saturated heterocycles. The molecule has 1 aliphatic rings. The van der Waals surface area contributed by atoms with E-state index in [2.05, 4.69) is 5.32 Å². The number of nitrogens with two attached hydrogens (primary N) is 1. The second-order valence-electron chi connectivity index (χ2n) is 9.73. The van der Waals surface area contributed by atoms with Crippen molar-refractivity contribution in [3.8, 4) is 0 Å². The molecule has 9 heteroatoms.